The molecule has 132 valence electrons. The summed E-state index contributed by atoms with van der Waals surface area (Å²) in [5, 5.41) is 5.77. The van der Waals surface area contributed by atoms with Crippen LogP contribution >= 0.6 is 0 Å². The van der Waals surface area contributed by atoms with E-state index in [0.29, 0.717) is 17.1 Å². The number of aromatic nitrogens is 2. The van der Waals surface area contributed by atoms with Gasteiger partial charge in [-0.05, 0) is 43.2 Å². The Hall–Kier alpha value is -3.28. The summed E-state index contributed by atoms with van der Waals surface area (Å²) in [6.45, 7) is 4.14. The van der Waals surface area contributed by atoms with Crippen molar-refractivity contribution in [3.8, 4) is 0 Å². The molecule has 0 unspecified atom stereocenters. The van der Waals surface area contributed by atoms with Crippen molar-refractivity contribution in [3.05, 3.63) is 82.9 Å². The molecule has 3 rings (SSSR count). The number of carbonyl (C=O) groups excluding carboxylic acids is 1. The number of nitrogens with one attached hydrogen (secondary N) is 2. The lowest BCUT2D eigenvalue weighted by atomic mass is 10.1. The van der Waals surface area contributed by atoms with Gasteiger partial charge in [-0.1, -0.05) is 24.3 Å². The number of hydrogen-bond donors (Lipinski definition) is 2. The molecule has 0 radical (unpaired) electrons. The number of anilines is 2. The van der Waals surface area contributed by atoms with Crippen LogP contribution < -0.4 is 10.6 Å². The monoisotopic (exact) mass is 350 g/mol. The summed E-state index contributed by atoms with van der Waals surface area (Å²) in [5.74, 6) is -0.302. The molecule has 5 nitrogen and oxygen atoms in total. The lowest BCUT2D eigenvalue weighted by molar-refractivity contribution is 0.0950. The van der Waals surface area contributed by atoms with Gasteiger partial charge in [-0.3, -0.25) is 4.79 Å². The molecule has 3 aromatic rings. The van der Waals surface area contributed by atoms with E-state index in [1.54, 1.807) is 18.2 Å². The number of aryl methyl sites for hydroxylation is 2. The molecule has 0 atom stereocenters. The smallest absolute Gasteiger partial charge is 0.254 e. The molecule has 1 amide bonds. The van der Waals surface area contributed by atoms with E-state index in [9.17, 15) is 9.18 Å². The van der Waals surface area contributed by atoms with Crippen molar-refractivity contribution in [1.29, 1.82) is 0 Å². The first kappa shape index (κ1) is 17.5. The molecule has 0 aliphatic carbocycles. The van der Waals surface area contributed by atoms with Crippen molar-refractivity contribution < 1.29 is 9.18 Å². The predicted octanol–water partition coefficient (Wildman–Crippen LogP) is 3.91. The fourth-order valence-corrected chi connectivity index (χ4v) is 2.61. The Morgan fingerprint density at radius 3 is 2.35 bits per heavy atom. The SMILES string of the molecule is Cc1cc(C)cc(Nc2ncc(C(=O)NCc3ccccc3F)cn2)c1. The average Bonchev–Trinajstić information content (AvgIpc) is 2.60. The molecule has 0 bridgehead atoms. The zero-order valence-corrected chi connectivity index (χ0v) is 14.6. The van der Waals surface area contributed by atoms with E-state index in [4.69, 9.17) is 0 Å². The van der Waals surface area contributed by atoms with Crippen LogP contribution in [0, 0.1) is 19.7 Å². The molecule has 6 heteroatoms. The second-order valence-corrected chi connectivity index (χ2v) is 6.07. The first-order valence-electron chi connectivity index (χ1n) is 8.20. The minimum Gasteiger partial charge on any atom is -0.348 e. The highest BCUT2D eigenvalue weighted by molar-refractivity contribution is 5.93. The quantitative estimate of drug-likeness (QED) is 0.732. The zero-order valence-electron chi connectivity index (χ0n) is 14.6. The van der Waals surface area contributed by atoms with Gasteiger partial charge in [0, 0.05) is 30.2 Å². The summed E-state index contributed by atoms with van der Waals surface area (Å²) in [4.78, 5) is 20.5. The second kappa shape index (κ2) is 7.74. The molecule has 1 heterocycles. The maximum atomic E-state index is 13.6. The normalized spacial score (nSPS) is 10.4. The molecule has 0 fully saturated rings. The van der Waals surface area contributed by atoms with E-state index < -0.39 is 0 Å². The Balaban J connectivity index is 1.63. The van der Waals surface area contributed by atoms with E-state index in [2.05, 4.69) is 26.7 Å². The van der Waals surface area contributed by atoms with Crippen LogP contribution in [0.5, 0.6) is 0 Å². The largest absolute Gasteiger partial charge is 0.348 e. The fraction of sp³-hybridized carbons (Fsp3) is 0.150. The molecule has 0 spiro atoms. The summed E-state index contributed by atoms with van der Waals surface area (Å²) in [6.07, 6.45) is 2.88. The van der Waals surface area contributed by atoms with Crippen molar-refractivity contribution in [3.63, 3.8) is 0 Å². The number of hydrogen-bond acceptors (Lipinski definition) is 4. The van der Waals surface area contributed by atoms with Gasteiger partial charge in [-0.2, -0.15) is 0 Å². The molecule has 0 aliphatic rings. The standard InChI is InChI=1S/C20H19FN4O/c1-13-7-14(2)9-17(8-13)25-20-23-11-16(12-24-20)19(26)22-10-15-5-3-4-6-18(15)21/h3-9,11-12H,10H2,1-2H3,(H,22,26)(H,23,24,25). The molecule has 26 heavy (non-hydrogen) atoms. The molecular weight excluding hydrogens is 331 g/mol. The third-order valence-corrected chi connectivity index (χ3v) is 3.79. The maximum absolute atomic E-state index is 13.6. The van der Waals surface area contributed by atoms with Gasteiger partial charge in [-0.15, -0.1) is 0 Å². The van der Waals surface area contributed by atoms with E-state index in [0.717, 1.165) is 16.8 Å². The zero-order chi connectivity index (χ0) is 18.5. The number of amides is 1. The van der Waals surface area contributed by atoms with E-state index in [1.807, 2.05) is 26.0 Å². The number of nitrogens with zero attached hydrogens (tertiary/aromatic N) is 2. The highest BCUT2D eigenvalue weighted by Gasteiger charge is 2.09. The van der Waals surface area contributed by atoms with Crippen LogP contribution in [0.3, 0.4) is 0 Å². The highest BCUT2D eigenvalue weighted by atomic mass is 19.1. The van der Waals surface area contributed by atoms with Crippen LogP contribution in [0.2, 0.25) is 0 Å². The molecule has 2 aromatic carbocycles. The number of benzene rings is 2. The van der Waals surface area contributed by atoms with Gasteiger partial charge in [0.05, 0.1) is 5.56 Å². The maximum Gasteiger partial charge on any atom is 0.254 e. The minimum absolute atomic E-state index is 0.105. The summed E-state index contributed by atoms with van der Waals surface area (Å²) in [7, 11) is 0. The molecule has 0 saturated carbocycles. The topological polar surface area (TPSA) is 66.9 Å². The number of halogens is 1. The summed E-state index contributed by atoms with van der Waals surface area (Å²) in [5.41, 5.74) is 3.90. The van der Waals surface area contributed by atoms with E-state index in [1.165, 1.54) is 18.5 Å². The van der Waals surface area contributed by atoms with Crippen LogP contribution in [0.1, 0.15) is 27.0 Å². The Labute approximate surface area is 151 Å². The van der Waals surface area contributed by atoms with Crippen molar-refractivity contribution >= 4 is 17.5 Å². The summed E-state index contributed by atoms with van der Waals surface area (Å²) >= 11 is 0. The predicted molar refractivity (Wildman–Crippen MR) is 98.8 cm³/mol. The van der Waals surface area contributed by atoms with Crippen molar-refractivity contribution in [1.82, 2.24) is 15.3 Å². The van der Waals surface area contributed by atoms with Gasteiger partial charge in [0.15, 0.2) is 0 Å². The van der Waals surface area contributed by atoms with Gasteiger partial charge < -0.3 is 10.6 Å². The fourth-order valence-electron chi connectivity index (χ4n) is 2.61. The molecule has 1 aromatic heterocycles. The summed E-state index contributed by atoms with van der Waals surface area (Å²) < 4.78 is 13.6. The molecule has 0 saturated heterocycles. The highest BCUT2D eigenvalue weighted by Crippen LogP contribution is 2.17. The Kier molecular flexibility index (Phi) is 5.22. The van der Waals surface area contributed by atoms with Crippen molar-refractivity contribution in [2.75, 3.05) is 5.32 Å². The molecule has 2 N–H and O–H groups in total. The van der Waals surface area contributed by atoms with Crippen LogP contribution in [0.4, 0.5) is 16.0 Å². The molecule has 0 aliphatic heterocycles. The van der Waals surface area contributed by atoms with Crippen LogP contribution in [-0.4, -0.2) is 15.9 Å². The van der Waals surface area contributed by atoms with Gasteiger partial charge >= 0.3 is 0 Å². The third kappa shape index (κ3) is 4.42. The van der Waals surface area contributed by atoms with Gasteiger partial charge in [0.1, 0.15) is 5.82 Å². The van der Waals surface area contributed by atoms with Crippen LogP contribution in [-0.2, 0) is 6.54 Å². The number of rotatable bonds is 5. The lowest BCUT2D eigenvalue weighted by Gasteiger charge is -2.08. The average molecular weight is 350 g/mol. The van der Waals surface area contributed by atoms with Crippen molar-refractivity contribution in [2.45, 2.75) is 20.4 Å². The van der Waals surface area contributed by atoms with Gasteiger partial charge in [0.25, 0.3) is 5.91 Å². The Bertz CT molecular complexity index is 905. The molecular formula is C20H19FN4O. The van der Waals surface area contributed by atoms with Crippen molar-refractivity contribution in [2.24, 2.45) is 0 Å². The summed E-state index contributed by atoms with van der Waals surface area (Å²) in [6, 6.07) is 12.4. The van der Waals surface area contributed by atoms with Gasteiger partial charge in [-0.25, -0.2) is 14.4 Å². The van der Waals surface area contributed by atoms with E-state index in [-0.39, 0.29) is 18.3 Å². The Morgan fingerprint density at radius 1 is 1.04 bits per heavy atom. The first-order valence-corrected chi connectivity index (χ1v) is 8.20. The first-order chi connectivity index (χ1) is 12.5. The lowest BCUT2D eigenvalue weighted by Crippen LogP contribution is -2.23. The van der Waals surface area contributed by atoms with Crippen LogP contribution in [0.25, 0.3) is 0 Å². The van der Waals surface area contributed by atoms with Crippen LogP contribution in [0.15, 0.2) is 54.9 Å². The minimum atomic E-state index is -0.355. The van der Waals surface area contributed by atoms with E-state index >= 15 is 0 Å². The number of carbonyl (C=O) groups is 1. The Morgan fingerprint density at radius 2 is 1.69 bits per heavy atom. The van der Waals surface area contributed by atoms with Gasteiger partial charge in [0.2, 0.25) is 5.95 Å². The second-order valence-electron chi connectivity index (χ2n) is 6.07. The third-order valence-electron chi connectivity index (χ3n) is 3.79.